The van der Waals surface area contributed by atoms with Gasteiger partial charge >= 0.3 is 0 Å². The molecule has 0 radical (unpaired) electrons. The zero-order valence-corrected chi connectivity index (χ0v) is 16.3. The van der Waals surface area contributed by atoms with Crippen LogP contribution in [0.2, 0.25) is 0 Å². The van der Waals surface area contributed by atoms with Crippen molar-refractivity contribution in [2.24, 2.45) is 0 Å². The molecule has 2 atom stereocenters. The van der Waals surface area contributed by atoms with Gasteiger partial charge in [-0.15, -0.1) is 11.3 Å². The van der Waals surface area contributed by atoms with Crippen LogP contribution in [0.1, 0.15) is 25.1 Å². The van der Waals surface area contributed by atoms with Gasteiger partial charge in [0.05, 0.1) is 24.3 Å². The largest absolute Gasteiger partial charge is 0.372 e. The average Bonchev–Trinajstić information content (AvgIpc) is 3.21. The van der Waals surface area contributed by atoms with Gasteiger partial charge in [-0.25, -0.2) is 9.97 Å². The van der Waals surface area contributed by atoms with Gasteiger partial charge < -0.3 is 15.0 Å². The maximum Gasteiger partial charge on any atom is 0.226 e. The molecule has 0 aromatic carbocycles. The summed E-state index contributed by atoms with van der Waals surface area (Å²) in [6.07, 6.45) is 6.35. The minimum absolute atomic E-state index is 0.0411. The Hall–Kier alpha value is -2.45. The lowest BCUT2D eigenvalue weighted by atomic mass is 10.2. The van der Waals surface area contributed by atoms with Crippen molar-refractivity contribution >= 4 is 28.0 Å². The van der Waals surface area contributed by atoms with E-state index in [1.165, 1.54) is 0 Å². The van der Waals surface area contributed by atoms with E-state index in [4.69, 9.17) is 4.74 Å². The van der Waals surface area contributed by atoms with Gasteiger partial charge in [0.15, 0.2) is 4.96 Å². The van der Waals surface area contributed by atoms with E-state index in [1.807, 2.05) is 40.5 Å². The van der Waals surface area contributed by atoms with Crippen molar-refractivity contribution in [1.82, 2.24) is 19.7 Å². The van der Waals surface area contributed by atoms with E-state index in [0.717, 1.165) is 35.1 Å². The van der Waals surface area contributed by atoms with Crippen molar-refractivity contribution in [2.75, 3.05) is 18.0 Å². The number of carbonyl (C=O) groups is 1. The summed E-state index contributed by atoms with van der Waals surface area (Å²) in [6, 6.07) is 4.02. The molecule has 7 nitrogen and oxygen atoms in total. The van der Waals surface area contributed by atoms with Crippen LogP contribution in [-0.2, 0) is 22.5 Å². The number of hydrogen-bond donors (Lipinski definition) is 1. The van der Waals surface area contributed by atoms with E-state index in [1.54, 1.807) is 11.3 Å². The number of amides is 1. The normalized spacial score (nSPS) is 20.1. The van der Waals surface area contributed by atoms with Crippen molar-refractivity contribution in [3.8, 4) is 0 Å². The third-order valence-electron chi connectivity index (χ3n) is 4.53. The summed E-state index contributed by atoms with van der Waals surface area (Å²) in [4.78, 5) is 24.3. The molecule has 3 aromatic rings. The Morgan fingerprint density at radius 3 is 2.85 bits per heavy atom. The van der Waals surface area contributed by atoms with Gasteiger partial charge in [-0.1, -0.05) is 6.07 Å². The van der Waals surface area contributed by atoms with Crippen LogP contribution in [0, 0.1) is 0 Å². The van der Waals surface area contributed by atoms with E-state index in [2.05, 4.69) is 34.0 Å². The molecule has 27 heavy (non-hydrogen) atoms. The van der Waals surface area contributed by atoms with Gasteiger partial charge in [0.25, 0.3) is 0 Å². The molecule has 1 aliphatic rings. The molecule has 0 aliphatic carbocycles. The number of imidazole rings is 1. The Bertz CT molecular complexity index is 881. The predicted octanol–water partition coefficient (Wildman–Crippen LogP) is 2.26. The van der Waals surface area contributed by atoms with Gasteiger partial charge in [-0.3, -0.25) is 9.20 Å². The molecule has 1 aliphatic heterocycles. The van der Waals surface area contributed by atoms with Crippen molar-refractivity contribution in [3.05, 3.63) is 47.4 Å². The second-order valence-corrected chi connectivity index (χ2v) is 7.84. The lowest BCUT2D eigenvalue weighted by molar-refractivity contribution is -0.120. The smallest absolute Gasteiger partial charge is 0.226 e. The fourth-order valence-electron chi connectivity index (χ4n) is 3.36. The molecule has 4 heterocycles. The van der Waals surface area contributed by atoms with Crippen LogP contribution in [0.3, 0.4) is 0 Å². The Labute approximate surface area is 162 Å². The number of thiazole rings is 1. The number of nitrogens with zero attached hydrogens (tertiary/aromatic N) is 4. The first kappa shape index (κ1) is 17.9. The maximum atomic E-state index is 12.2. The van der Waals surface area contributed by atoms with Crippen LogP contribution in [0.25, 0.3) is 4.96 Å². The highest BCUT2D eigenvalue weighted by Gasteiger charge is 2.22. The Morgan fingerprint density at radius 1 is 1.33 bits per heavy atom. The fraction of sp³-hybridized carbons (Fsp3) is 0.421. The Balaban J connectivity index is 1.30. The maximum absolute atomic E-state index is 12.2. The minimum atomic E-state index is -0.0411. The lowest BCUT2D eigenvalue weighted by Gasteiger charge is -2.36. The number of pyridine rings is 1. The number of carbonyl (C=O) groups excluding carboxylic acids is 1. The van der Waals surface area contributed by atoms with Crippen LogP contribution in [0.4, 0.5) is 5.82 Å². The van der Waals surface area contributed by atoms with E-state index >= 15 is 0 Å². The molecule has 4 rings (SSSR count). The summed E-state index contributed by atoms with van der Waals surface area (Å²) in [7, 11) is 0. The highest BCUT2D eigenvalue weighted by molar-refractivity contribution is 7.15. The number of hydrogen-bond acceptors (Lipinski definition) is 6. The summed E-state index contributed by atoms with van der Waals surface area (Å²) >= 11 is 1.56. The third-order valence-corrected chi connectivity index (χ3v) is 5.30. The average molecular weight is 385 g/mol. The Kier molecular flexibility index (Phi) is 5.09. The first-order chi connectivity index (χ1) is 13.1. The van der Waals surface area contributed by atoms with Crippen molar-refractivity contribution in [2.45, 2.75) is 39.0 Å². The van der Waals surface area contributed by atoms with Crippen LogP contribution in [0.15, 0.2) is 36.1 Å². The number of aromatic nitrogens is 3. The van der Waals surface area contributed by atoms with Gasteiger partial charge in [-0.05, 0) is 25.5 Å². The van der Waals surface area contributed by atoms with E-state index < -0.39 is 0 Å². The van der Waals surface area contributed by atoms with Crippen LogP contribution in [-0.4, -0.2) is 45.6 Å². The molecule has 1 fully saturated rings. The van der Waals surface area contributed by atoms with Crippen LogP contribution in [0.5, 0.6) is 0 Å². The Morgan fingerprint density at radius 2 is 2.15 bits per heavy atom. The fourth-order valence-corrected chi connectivity index (χ4v) is 4.08. The van der Waals surface area contributed by atoms with Gasteiger partial charge in [0, 0.05) is 43.6 Å². The summed E-state index contributed by atoms with van der Waals surface area (Å²) < 4.78 is 7.70. The first-order valence-corrected chi connectivity index (χ1v) is 9.98. The zero-order chi connectivity index (χ0) is 18.8. The van der Waals surface area contributed by atoms with Crippen molar-refractivity contribution in [1.29, 1.82) is 0 Å². The molecule has 0 bridgehead atoms. The molecule has 8 heteroatoms. The highest BCUT2D eigenvalue weighted by atomic mass is 32.1. The van der Waals surface area contributed by atoms with E-state index in [-0.39, 0.29) is 24.5 Å². The van der Waals surface area contributed by atoms with Gasteiger partial charge in [0.1, 0.15) is 5.82 Å². The summed E-state index contributed by atoms with van der Waals surface area (Å²) in [6.45, 7) is 6.31. The van der Waals surface area contributed by atoms with Gasteiger partial charge in [0.2, 0.25) is 5.91 Å². The van der Waals surface area contributed by atoms with Gasteiger partial charge in [-0.2, -0.15) is 0 Å². The third kappa shape index (κ3) is 4.28. The summed E-state index contributed by atoms with van der Waals surface area (Å²) in [5, 5.41) is 4.91. The molecule has 0 spiro atoms. The number of nitrogens with one attached hydrogen (secondary N) is 1. The van der Waals surface area contributed by atoms with E-state index in [0.29, 0.717) is 6.54 Å². The number of fused-ring (bicyclic) bond motifs is 1. The standard InChI is InChI=1S/C19H23N5O2S/c1-13-10-24(11-14(2)26-13)17-4-3-15(8-20-17)9-21-18(25)7-16-12-23-5-6-27-19(23)22-16/h3-6,8,12-14H,7,9-11H2,1-2H3,(H,21,25)/t13-,14+. The predicted molar refractivity (Wildman–Crippen MR) is 105 cm³/mol. The second kappa shape index (κ2) is 7.66. The molecule has 1 N–H and O–H groups in total. The molecular weight excluding hydrogens is 362 g/mol. The molecule has 0 unspecified atom stereocenters. The van der Waals surface area contributed by atoms with Crippen LogP contribution < -0.4 is 10.2 Å². The molecular formula is C19H23N5O2S. The lowest BCUT2D eigenvalue weighted by Crippen LogP contribution is -2.45. The first-order valence-electron chi connectivity index (χ1n) is 9.10. The number of ether oxygens (including phenoxy) is 1. The number of morpholine rings is 1. The van der Waals surface area contributed by atoms with E-state index in [9.17, 15) is 4.79 Å². The van der Waals surface area contributed by atoms with Crippen molar-refractivity contribution < 1.29 is 9.53 Å². The summed E-state index contributed by atoms with van der Waals surface area (Å²) in [5.41, 5.74) is 1.76. The second-order valence-electron chi connectivity index (χ2n) is 6.97. The molecule has 0 saturated carbocycles. The minimum Gasteiger partial charge on any atom is -0.372 e. The molecule has 142 valence electrons. The molecule has 1 amide bonds. The highest BCUT2D eigenvalue weighted by Crippen LogP contribution is 2.18. The molecule has 3 aromatic heterocycles. The zero-order valence-electron chi connectivity index (χ0n) is 15.5. The summed E-state index contributed by atoms with van der Waals surface area (Å²) in [5.74, 6) is 0.908. The molecule has 1 saturated heterocycles. The quantitative estimate of drug-likeness (QED) is 0.729. The monoisotopic (exact) mass is 385 g/mol. The SMILES string of the molecule is C[C@@H]1CN(c2ccc(CNC(=O)Cc3cn4ccsc4n3)cn2)C[C@H](C)O1. The number of anilines is 1. The van der Waals surface area contributed by atoms with Crippen LogP contribution >= 0.6 is 11.3 Å². The topological polar surface area (TPSA) is 71.8 Å². The van der Waals surface area contributed by atoms with Crippen molar-refractivity contribution in [3.63, 3.8) is 0 Å². The number of rotatable bonds is 5.